The zero-order valence-corrected chi connectivity index (χ0v) is 39.1. The topological polar surface area (TPSA) is 155 Å². The van der Waals surface area contributed by atoms with Gasteiger partial charge in [0.15, 0.2) is 5.67 Å². The maximum absolute atomic E-state index is 16.4. The Balaban J connectivity index is 1.18. The Hall–Kier alpha value is -5.93. The fourth-order valence-electron chi connectivity index (χ4n) is 10.8. The van der Waals surface area contributed by atoms with Crippen LogP contribution in [0.3, 0.4) is 0 Å². The Morgan fingerprint density at radius 3 is 2.52 bits per heavy atom. The predicted molar refractivity (Wildman–Crippen MR) is 248 cm³/mol. The molecule has 2 aromatic carbocycles. The molecule has 4 amide bonds. The number of hydrogen-bond donors (Lipinski definition) is 2. The average Bonchev–Trinajstić information content (AvgIpc) is 3.65. The summed E-state index contributed by atoms with van der Waals surface area (Å²) in [6.07, 6.45) is 3.06. The van der Waals surface area contributed by atoms with Crippen LogP contribution in [0.2, 0.25) is 0 Å². The van der Waals surface area contributed by atoms with Gasteiger partial charge in [0.25, 0.3) is 11.8 Å². The molecule has 2 aromatic heterocycles. The van der Waals surface area contributed by atoms with E-state index in [1.165, 1.54) is 17.0 Å². The van der Waals surface area contributed by atoms with Crippen LogP contribution in [0.1, 0.15) is 89.1 Å². The van der Waals surface area contributed by atoms with Crippen LogP contribution in [-0.2, 0) is 46.4 Å². The molecule has 350 valence electrons. The quantitative estimate of drug-likeness (QED) is 0.154. The number of nitrogens with one attached hydrogen (secondary N) is 2. The number of alkyl halides is 1. The van der Waals surface area contributed by atoms with E-state index in [0.29, 0.717) is 19.4 Å². The van der Waals surface area contributed by atoms with Gasteiger partial charge in [-0.15, -0.1) is 0 Å². The molecule has 2 unspecified atom stereocenters. The molecule has 2 fully saturated rings. The molecule has 4 aromatic rings. The van der Waals surface area contributed by atoms with Gasteiger partial charge in [0, 0.05) is 93.6 Å². The Bertz CT molecular complexity index is 2560. The number of amides is 4. The van der Waals surface area contributed by atoms with Gasteiger partial charge < -0.3 is 29.2 Å². The zero-order valence-electron chi connectivity index (χ0n) is 39.1. The van der Waals surface area contributed by atoms with Crippen LogP contribution in [0.4, 0.5) is 4.39 Å². The van der Waals surface area contributed by atoms with Crippen LogP contribution in [0.25, 0.3) is 33.3 Å². The molecule has 5 heterocycles. The molecule has 4 aliphatic rings. The number of cyclic esters (lactones) is 1. The second kappa shape index (κ2) is 18.4. The first kappa shape index (κ1) is 46.6. The number of likely N-dealkylation sites (tertiary alicyclic amines) is 1. The summed E-state index contributed by atoms with van der Waals surface area (Å²) in [7, 11) is 3.11. The van der Waals surface area contributed by atoms with E-state index in [2.05, 4.69) is 66.9 Å². The van der Waals surface area contributed by atoms with Gasteiger partial charge in [0.1, 0.15) is 24.2 Å². The van der Waals surface area contributed by atoms with Gasteiger partial charge in [-0.1, -0.05) is 64.6 Å². The molecule has 2 saturated heterocycles. The largest absolute Gasteiger partial charge is 0.464 e. The van der Waals surface area contributed by atoms with Crippen molar-refractivity contribution in [2.45, 2.75) is 109 Å². The summed E-state index contributed by atoms with van der Waals surface area (Å²) in [5.41, 5.74) is 7.85. The van der Waals surface area contributed by atoms with Crippen molar-refractivity contribution in [3.05, 3.63) is 90.3 Å². The molecular weight excluding hydrogens is 842 g/mol. The third-order valence-corrected chi connectivity index (χ3v) is 14.2. The van der Waals surface area contributed by atoms with E-state index in [1.54, 1.807) is 27.2 Å². The zero-order chi connectivity index (χ0) is 47.2. The second-order valence-corrected chi connectivity index (χ2v) is 19.3. The molecule has 2 N–H and O–H groups in total. The highest BCUT2D eigenvalue weighted by atomic mass is 19.1. The third kappa shape index (κ3) is 8.40. The number of hydrazine groups is 1. The summed E-state index contributed by atoms with van der Waals surface area (Å²) < 4.78 is 31.3. The van der Waals surface area contributed by atoms with Gasteiger partial charge in [-0.05, 0) is 78.3 Å². The minimum absolute atomic E-state index is 0.0346. The SMILES string of the molecule is C=CC(=O)N1CCC(F)(C(=O)N(C)[C@H](C(=O)NC2Cc3cccc(c3)-c3ccc4c(c3)c3c(n4CC)-c4cccnc4[C@@H](OC)C3C(C)(C)COC(=O)[C@@H]3CCCN(N3)C2=O)C(C)C)CC1. The number of esters is 1. The summed E-state index contributed by atoms with van der Waals surface area (Å²) in [6.45, 7) is 14.4. The molecule has 6 bridgehead atoms. The van der Waals surface area contributed by atoms with Crippen molar-refractivity contribution in [1.29, 1.82) is 0 Å². The van der Waals surface area contributed by atoms with Crippen molar-refractivity contribution in [2.24, 2.45) is 11.3 Å². The number of likely N-dealkylation sites (N-methyl/N-ethyl adjacent to an activating group) is 1. The lowest BCUT2D eigenvalue weighted by atomic mass is 9.67. The fourth-order valence-corrected chi connectivity index (χ4v) is 10.8. The first-order chi connectivity index (χ1) is 31.5. The molecule has 0 spiro atoms. The summed E-state index contributed by atoms with van der Waals surface area (Å²) in [4.78, 5) is 76.9. The summed E-state index contributed by atoms with van der Waals surface area (Å²) >= 11 is 0. The Morgan fingerprint density at radius 2 is 1.82 bits per heavy atom. The van der Waals surface area contributed by atoms with Gasteiger partial charge in [-0.25, -0.2) is 9.82 Å². The summed E-state index contributed by atoms with van der Waals surface area (Å²) in [6, 6.07) is 15.2. The molecule has 8 rings (SSSR count). The third-order valence-electron chi connectivity index (χ3n) is 14.2. The predicted octanol–water partition coefficient (Wildman–Crippen LogP) is 6.28. The van der Waals surface area contributed by atoms with Crippen LogP contribution < -0.4 is 10.7 Å². The number of carbonyl (C=O) groups excluding carboxylic acids is 5. The maximum atomic E-state index is 16.4. The van der Waals surface area contributed by atoms with E-state index >= 15 is 4.39 Å². The van der Waals surface area contributed by atoms with Crippen molar-refractivity contribution in [3.8, 4) is 22.4 Å². The number of fused-ring (bicyclic) bond motifs is 8. The highest BCUT2D eigenvalue weighted by Crippen LogP contribution is 2.57. The maximum Gasteiger partial charge on any atom is 0.324 e. The Morgan fingerprint density at radius 1 is 1.08 bits per heavy atom. The fraction of sp³-hybridized carbons (Fsp3) is 0.490. The van der Waals surface area contributed by atoms with Crippen molar-refractivity contribution in [3.63, 3.8) is 0 Å². The molecule has 15 heteroatoms. The van der Waals surface area contributed by atoms with Crippen molar-refractivity contribution < 1.29 is 37.8 Å². The minimum Gasteiger partial charge on any atom is -0.464 e. The average molecular weight is 904 g/mol. The van der Waals surface area contributed by atoms with Gasteiger partial charge in [0.05, 0.1) is 18.0 Å². The van der Waals surface area contributed by atoms with Gasteiger partial charge >= 0.3 is 5.97 Å². The van der Waals surface area contributed by atoms with E-state index in [0.717, 1.165) is 61.1 Å². The highest BCUT2D eigenvalue weighted by Gasteiger charge is 2.49. The van der Waals surface area contributed by atoms with Gasteiger partial charge in [-0.2, -0.15) is 0 Å². The van der Waals surface area contributed by atoms with Crippen molar-refractivity contribution >= 4 is 40.5 Å². The van der Waals surface area contributed by atoms with E-state index in [-0.39, 0.29) is 57.3 Å². The van der Waals surface area contributed by atoms with E-state index in [9.17, 15) is 24.0 Å². The number of methoxy groups -OCH3 is 1. The molecule has 1 aliphatic carbocycles. The van der Waals surface area contributed by atoms with Crippen LogP contribution in [-0.4, -0.2) is 118 Å². The first-order valence-electron chi connectivity index (χ1n) is 23.2. The lowest BCUT2D eigenvalue weighted by Crippen LogP contribution is -2.63. The number of aromatic nitrogens is 2. The number of rotatable bonds is 8. The molecule has 3 aliphatic heterocycles. The van der Waals surface area contributed by atoms with Crippen LogP contribution in [0.5, 0.6) is 0 Å². The van der Waals surface area contributed by atoms with Crippen molar-refractivity contribution in [1.82, 2.24) is 35.1 Å². The lowest BCUT2D eigenvalue weighted by molar-refractivity contribution is -0.157. The van der Waals surface area contributed by atoms with Crippen LogP contribution in [0.15, 0.2) is 73.4 Å². The van der Waals surface area contributed by atoms with Crippen molar-refractivity contribution in [2.75, 3.05) is 40.4 Å². The first-order valence-corrected chi connectivity index (χ1v) is 23.2. The number of piperidine rings is 1. The number of halogens is 1. The number of carbonyl (C=O) groups is 5. The minimum atomic E-state index is -2.29. The molecular formula is C51H62FN7O7. The number of hydrogen-bond acceptors (Lipinski definition) is 9. The van der Waals surface area contributed by atoms with E-state index < -0.39 is 64.9 Å². The summed E-state index contributed by atoms with van der Waals surface area (Å²) in [5.74, 6) is -3.52. The summed E-state index contributed by atoms with van der Waals surface area (Å²) in [5, 5.41) is 5.40. The number of nitrogens with zero attached hydrogens (tertiary/aromatic N) is 5. The normalized spacial score (nSPS) is 23.0. The van der Waals surface area contributed by atoms with Crippen LogP contribution in [0, 0.1) is 11.3 Å². The van der Waals surface area contributed by atoms with Gasteiger partial charge in [-0.3, -0.25) is 34.0 Å². The number of aryl methyl sites for hydroxylation is 1. The van der Waals surface area contributed by atoms with E-state index in [4.69, 9.17) is 14.5 Å². The molecule has 14 nitrogen and oxygen atoms in total. The molecule has 0 radical (unpaired) electrons. The second-order valence-electron chi connectivity index (χ2n) is 19.3. The van der Waals surface area contributed by atoms with E-state index in [1.807, 2.05) is 30.3 Å². The number of benzene rings is 2. The highest BCUT2D eigenvalue weighted by molar-refractivity contribution is 5.98. The Kier molecular flexibility index (Phi) is 13.0. The monoisotopic (exact) mass is 903 g/mol. The molecule has 66 heavy (non-hydrogen) atoms. The number of ether oxygens (including phenoxy) is 2. The molecule has 5 atom stereocenters. The van der Waals surface area contributed by atoms with Crippen LogP contribution >= 0.6 is 0 Å². The molecule has 0 saturated carbocycles. The smallest absolute Gasteiger partial charge is 0.324 e. The Labute approximate surface area is 385 Å². The standard InChI is InChI=1S/C51H62FN7O7/c1-9-39(60)57-24-20-51(52,21-25-57)49(64)56(7)43(30(3)4)46(61)54-37-27-31-14-11-15-32(26-31)33-18-19-38-35(28-33)40-41(45(65-8)42-34(16-12-22-53-42)44(40)58(38)10-2)50(5,6)29-66-48(63)36-17-13-23-59(55-36)47(37)62/h9,11-12,14-16,18-19,22,26,28,30,36-37,41,43,45,55H,1,10,13,17,20-21,23-25,27,29H2,2-8H3,(H,54,61)/t36-,37?,41?,43-,45-/m0/s1. The lowest BCUT2D eigenvalue weighted by Gasteiger charge is -2.42. The van der Waals surface area contributed by atoms with Gasteiger partial charge in [0.2, 0.25) is 11.8 Å². The number of pyridine rings is 1.